The van der Waals surface area contributed by atoms with E-state index in [0.717, 1.165) is 26.1 Å². The van der Waals surface area contributed by atoms with Gasteiger partial charge in [0.05, 0.1) is 0 Å². The quantitative estimate of drug-likeness (QED) is 0.860. The number of aliphatic hydroxyl groups excluding tert-OH is 1. The smallest absolute Gasteiger partial charge is 0.0471 e. The first kappa shape index (κ1) is 11.2. The lowest BCUT2D eigenvalue weighted by Gasteiger charge is -2.16. The molecule has 2 aliphatic rings. The zero-order chi connectivity index (χ0) is 11.7. The summed E-state index contributed by atoms with van der Waals surface area (Å²) in [7, 11) is 0. The van der Waals surface area contributed by atoms with Crippen molar-refractivity contribution < 1.29 is 5.11 Å². The van der Waals surface area contributed by atoms with Crippen molar-refractivity contribution in [2.24, 2.45) is 5.92 Å². The van der Waals surface area contributed by atoms with E-state index in [1.807, 2.05) is 0 Å². The second kappa shape index (κ2) is 4.79. The zero-order valence-electron chi connectivity index (χ0n) is 10.4. The van der Waals surface area contributed by atoms with Gasteiger partial charge in [0.1, 0.15) is 0 Å². The van der Waals surface area contributed by atoms with Crippen LogP contribution in [0.2, 0.25) is 0 Å². The maximum Gasteiger partial charge on any atom is 0.0471 e. The molecular formula is C15H21NO. The fourth-order valence-electron chi connectivity index (χ4n) is 3.19. The molecule has 92 valence electrons. The number of rotatable bonds is 3. The summed E-state index contributed by atoms with van der Waals surface area (Å²) >= 11 is 0. The number of likely N-dealkylation sites (tertiary alicyclic amines) is 1. The van der Waals surface area contributed by atoms with Gasteiger partial charge in [0.15, 0.2) is 0 Å². The van der Waals surface area contributed by atoms with Crippen molar-refractivity contribution in [1.29, 1.82) is 0 Å². The van der Waals surface area contributed by atoms with Gasteiger partial charge in [0.25, 0.3) is 0 Å². The first-order chi connectivity index (χ1) is 8.35. The minimum absolute atomic E-state index is 0.348. The Bertz CT molecular complexity index is 402. The van der Waals surface area contributed by atoms with Gasteiger partial charge in [-0.25, -0.2) is 0 Å². The van der Waals surface area contributed by atoms with E-state index in [9.17, 15) is 0 Å². The maximum atomic E-state index is 9.15. The Morgan fingerprint density at radius 3 is 2.94 bits per heavy atom. The molecule has 1 aliphatic carbocycles. The monoisotopic (exact) mass is 231 g/mol. The van der Waals surface area contributed by atoms with Crippen LogP contribution < -0.4 is 0 Å². The first-order valence-corrected chi connectivity index (χ1v) is 6.79. The summed E-state index contributed by atoms with van der Waals surface area (Å²) in [6.45, 7) is 3.61. The van der Waals surface area contributed by atoms with Gasteiger partial charge >= 0.3 is 0 Å². The van der Waals surface area contributed by atoms with Gasteiger partial charge in [-0.1, -0.05) is 18.2 Å². The molecule has 0 spiro atoms. The van der Waals surface area contributed by atoms with Crippen molar-refractivity contribution in [3.05, 3.63) is 34.9 Å². The molecule has 1 aromatic carbocycles. The van der Waals surface area contributed by atoms with Crippen LogP contribution in [0.1, 0.15) is 29.5 Å². The highest BCUT2D eigenvalue weighted by molar-refractivity contribution is 5.35. The van der Waals surface area contributed by atoms with Crippen LogP contribution in [0.4, 0.5) is 0 Å². The number of fused-ring (bicyclic) bond motifs is 1. The van der Waals surface area contributed by atoms with Crippen molar-refractivity contribution >= 4 is 0 Å². The van der Waals surface area contributed by atoms with Crippen LogP contribution >= 0.6 is 0 Å². The molecule has 0 saturated carbocycles. The Labute approximate surface area is 103 Å². The van der Waals surface area contributed by atoms with Crippen LogP contribution in [0, 0.1) is 5.92 Å². The van der Waals surface area contributed by atoms with E-state index in [2.05, 4.69) is 23.1 Å². The predicted octanol–water partition coefficient (Wildman–Crippen LogP) is 1.99. The van der Waals surface area contributed by atoms with Gasteiger partial charge < -0.3 is 5.11 Å². The summed E-state index contributed by atoms with van der Waals surface area (Å²) in [5.41, 5.74) is 4.58. The Hall–Kier alpha value is -0.860. The van der Waals surface area contributed by atoms with Crippen molar-refractivity contribution in [1.82, 2.24) is 4.90 Å². The van der Waals surface area contributed by atoms with Gasteiger partial charge in [-0.15, -0.1) is 0 Å². The summed E-state index contributed by atoms with van der Waals surface area (Å²) in [6.07, 6.45) is 5.02. The van der Waals surface area contributed by atoms with Gasteiger partial charge in [0, 0.05) is 19.7 Å². The molecule has 1 saturated heterocycles. The van der Waals surface area contributed by atoms with E-state index in [1.54, 1.807) is 11.1 Å². The second-order valence-electron chi connectivity index (χ2n) is 5.53. The lowest BCUT2D eigenvalue weighted by atomic mass is 10.1. The molecule has 0 bridgehead atoms. The second-order valence-corrected chi connectivity index (χ2v) is 5.53. The van der Waals surface area contributed by atoms with Crippen molar-refractivity contribution in [3.8, 4) is 0 Å². The molecular weight excluding hydrogens is 210 g/mol. The summed E-state index contributed by atoms with van der Waals surface area (Å²) in [5, 5.41) is 9.15. The zero-order valence-corrected chi connectivity index (χ0v) is 10.4. The van der Waals surface area contributed by atoms with Crippen LogP contribution in [0.15, 0.2) is 18.2 Å². The molecule has 2 heteroatoms. The number of aliphatic hydroxyl groups is 1. The maximum absolute atomic E-state index is 9.15. The molecule has 1 unspecified atom stereocenters. The fraction of sp³-hybridized carbons (Fsp3) is 0.600. The highest BCUT2D eigenvalue weighted by Crippen LogP contribution is 2.24. The largest absolute Gasteiger partial charge is 0.396 e. The molecule has 1 N–H and O–H groups in total. The third-order valence-electron chi connectivity index (χ3n) is 4.20. The fourth-order valence-corrected chi connectivity index (χ4v) is 3.19. The minimum atomic E-state index is 0.348. The SMILES string of the molecule is OCC1CCN(Cc2ccc3c(c2)CCC3)C1. The van der Waals surface area contributed by atoms with Gasteiger partial charge in [-0.2, -0.15) is 0 Å². The normalized spacial score (nSPS) is 24.2. The minimum Gasteiger partial charge on any atom is -0.396 e. The Morgan fingerprint density at radius 1 is 1.24 bits per heavy atom. The van der Waals surface area contributed by atoms with Crippen LogP contribution in [0.5, 0.6) is 0 Å². The molecule has 0 radical (unpaired) electrons. The number of hydrogen-bond acceptors (Lipinski definition) is 2. The van der Waals surface area contributed by atoms with Crippen molar-refractivity contribution in [3.63, 3.8) is 0 Å². The molecule has 1 fully saturated rings. The number of benzene rings is 1. The highest BCUT2D eigenvalue weighted by atomic mass is 16.3. The molecule has 17 heavy (non-hydrogen) atoms. The van der Waals surface area contributed by atoms with E-state index >= 15 is 0 Å². The van der Waals surface area contributed by atoms with Crippen molar-refractivity contribution in [2.45, 2.75) is 32.2 Å². The van der Waals surface area contributed by atoms with Crippen LogP contribution in [0.3, 0.4) is 0 Å². The van der Waals surface area contributed by atoms with E-state index in [-0.39, 0.29) is 0 Å². The van der Waals surface area contributed by atoms with E-state index < -0.39 is 0 Å². The van der Waals surface area contributed by atoms with Crippen molar-refractivity contribution in [2.75, 3.05) is 19.7 Å². The van der Waals surface area contributed by atoms with Gasteiger partial charge in [-0.3, -0.25) is 4.90 Å². The third-order valence-corrected chi connectivity index (χ3v) is 4.20. The molecule has 0 aromatic heterocycles. The van der Waals surface area contributed by atoms with E-state index in [1.165, 1.54) is 24.8 Å². The molecule has 1 atom stereocenters. The van der Waals surface area contributed by atoms with E-state index in [4.69, 9.17) is 5.11 Å². The average Bonchev–Trinajstić information content (AvgIpc) is 2.96. The average molecular weight is 231 g/mol. The summed E-state index contributed by atoms with van der Waals surface area (Å²) in [5.74, 6) is 0.504. The topological polar surface area (TPSA) is 23.5 Å². The highest BCUT2D eigenvalue weighted by Gasteiger charge is 2.21. The molecule has 1 aromatic rings. The van der Waals surface area contributed by atoms with Gasteiger partial charge in [0.2, 0.25) is 0 Å². The molecule has 3 rings (SSSR count). The molecule has 1 aliphatic heterocycles. The standard InChI is InChI=1S/C15H21NO/c17-11-13-6-7-16(10-13)9-12-4-5-14-2-1-3-15(14)8-12/h4-5,8,13,17H,1-3,6-7,9-11H2. The lowest BCUT2D eigenvalue weighted by molar-refractivity contribution is 0.220. The summed E-state index contributed by atoms with van der Waals surface area (Å²) < 4.78 is 0. The van der Waals surface area contributed by atoms with Crippen LogP contribution in [0.25, 0.3) is 0 Å². The molecule has 2 nitrogen and oxygen atoms in total. The predicted molar refractivity (Wildman–Crippen MR) is 68.9 cm³/mol. The lowest BCUT2D eigenvalue weighted by Crippen LogP contribution is -2.21. The van der Waals surface area contributed by atoms with Crippen LogP contribution in [-0.4, -0.2) is 29.7 Å². The Morgan fingerprint density at radius 2 is 2.12 bits per heavy atom. The third kappa shape index (κ3) is 2.38. The molecule has 1 heterocycles. The van der Waals surface area contributed by atoms with Gasteiger partial charge in [-0.05, 0) is 54.8 Å². The van der Waals surface area contributed by atoms with Crippen LogP contribution in [-0.2, 0) is 19.4 Å². The Kier molecular flexibility index (Phi) is 3.17. The number of aryl methyl sites for hydroxylation is 2. The first-order valence-electron chi connectivity index (χ1n) is 6.79. The number of hydrogen-bond donors (Lipinski definition) is 1. The molecule has 0 amide bonds. The Balaban J connectivity index is 1.65. The van der Waals surface area contributed by atoms with E-state index in [0.29, 0.717) is 12.5 Å². The number of nitrogens with zero attached hydrogens (tertiary/aromatic N) is 1. The summed E-state index contributed by atoms with van der Waals surface area (Å²) in [6, 6.07) is 7.00. The summed E-state index contributed by atoms with van der Waals surface area (Å²) in [4.78, 5) is 2.47.